The lowest BCUT2D eigenvalue weighted by Gasteiger charge is -2.11. The molecule has 0 bridgehead atoms. The second-order valence-corrected chi connectivity index (χ2v) is 4.86. The number of ether oxygens (including phenoxy) is 2. The predicted molar refractivity (Wildman–Crippen MR) is 80.5 cm³/mol. The van der Waals surface area contributed by atoms with Crippen LogP contribution in [0.25, 0.3) is 0 Å². The van der Waals surface area contributed by atoms with Gasteiger partial charge in [-0.25, -0.2) is 0 Å². The second-order valence-electron chi connectivity index (χ2n) is 4.00. The third-order valence-corrected chi connectivity index (χ3v) is 3.42. The summed E-state index contributed by atoms with van der Waals surface area (Å²) in [6.45, 7) is 3.05. The van der Waals surface area contributed by atoms with Gasteiger partial charge in [-0.05, 0) is 43.3 Å². The molecule has 2 rings (SSSR count). The molecule has 0 atom stereocenters. The van der Waals surface area contributed by atoms with Crippen LogP contribution >= 0.6 is 15.9 Å². The Hall–Kier alpha value is -1.68. The topological polar surface area (TPSA) is 44.5 Å². The van der Waals surface area contributed by atoms with Crippen LogP contribution in [0.15, 0.2) is 46.9 Å². The van der Waals surface area contributed by atoms with Crippen LogP contribution in [-0.2, 0) is 6.61 Å². The highest BCUT2D eigenvalue weighted by molar-refractivity contribution is 9.10. The molecule has 0 radical (unpaired) electrons. The third kappa shape index (κ3) is 3.64. The van der Waals surface area contributed by atoms with Crippen molar-refractivity contribution in [3.63, 3.8) is 0 Å². The van der Waals surface area contributed by atoms with Crippen LogP contribution in [-0.4, -0.2) is 6.61 Å². The van der Waals surface area contributed by atoms with Crippen molar-refractivity contribution >= 4 is 21.6 Å². The fourth-order valence-electron chi connectivity index (χ4n) is 1.68. The Morgan fingerprint density at radius 1 is 1.00 bits per heavy atom. The normalized spacial score (nSPS) is 10.2. The van der Waals surface area contributed by atoms with Crippen molar-refractivity contribution in [2.75, 3.05) is 12.3 Å². The van der Waals surface area contributed by atoms with Gasteiger partial charge in [0.15, 0.2) is 0 Å². The Morgan fingerprint density at radius 3 is 2.21 bits per heavy atom. The number of nitrogen functional groups attached to an aromatic ring is 1. The van der Waals surface area contributed by atoms with Crippen LogP contribution in [0.2, 0.25) is 0 Å². The molecule has 4 heteroatoms. The summed E-state index contributed by atoms with van der Waals surface area (Å²) in [5, 5.41) is 0. The van der Waals surface area contributed by atoms with Crippen molar-refractivity contribution in [1.82, 2.24) is 0 Å². The standard InChI is InChI=1S/C15H16BrNO2/c1-2-18-11-6-8-12(9-7-11)19-10-13-14(16)4-3-5-15(13)17/h3-9H,2,10,17H2,1H3. The van der Waals surface area contributed by atoms with Crippen molar-refractivity contribution in [1.29, 1.82) is 0 Å². The fourth-order valence-corrected chi connectivity index (χ4v) is 2.18. The minimum absolute atomic E-state index is 0.432. The summed E-state index contributed by atoms with van der Waals surface area (Å²) in [6, 6.07) is 13.3. The molecule has 0 saturated carbocycles. The number of hydrogen-bond donors (Lipinski definition) is 1. The lowest BCUT2D eigenvalue weighted by Crippen LogP contribution is -2.01. The van der Waals surface area contributed by atoms with Gasteiger partial charge in [-0.1, -0.05) is 22.0 Å². The highest BCUT2D eigenvalue weighted by Gasteiger charge is 2.05. The number of anilines is 1. The molecule has 100 valence electrons. The molecule has 0 aliphatic carbocycles. The van der Waals surface area contributed by atoms with Crippen LogP contribution in [0.1, 0.15) is 12.5 Å². The summed E-state index contributed by atoms with van der Waals surface area (Å²) < 4.78 is 12.1. The van der Waals surface area contributed by atoms with E-state index in [1.54, 1.807) is 0 Å². The Balaban J connectivity index is 2.02. The Bertz CT molecular complexity index is 520. The maximum Gasteiger partial charge on any atom is 0.120 e. The van der Waals surface area contributed by atoms with Crippen molar-refractivity contribution in [3.05, 3.63) is 52.5 Å². The van der Waals surface area contributed by atoms with E-state index in [0.29, 0.717) is 13.2 Å². The van der Waals surface area contributed by atoms with Crippen molar-refractivity contribution in [3.8, 4) is 11.5 Å². The summed E-state index contributed by atoms with van der Waals surface area (Å²) >= 11 is 3.47. The van der Waals surface area contributed by atoms with E-state index in [4.69, 9.17) is 15.2 Å². The molecule has 3 nitrogen and oxygen atoms in total. The van der Waals surface area contributed by atoms with Crippen LogP contribution in [0.4, 0.5) is 5.69 Å². The van der Waals surface area contributed by atoms with E-state index >= 15 is 0 Å². The number of nitrogens with two attached hydrogens (primary N) is 1. The van der Waals surface area contributed by atoms with Gasteiger partial charge in [-0.15, -0.1) is 0 Å². The van der Waals surface area contributed by atoms with E-state index in [1.165, 1.54) is 0 Å². The first kappa shape index (κ1) is 13.7. The molecule has 0 heterocycles. The average Bonchev–Trinajstić information content (AvgIpc) is 2.40. The molecule has 2 N–H and O–H groups in total. The van der Waals surface area contributed by atoms with Crippen molar-refractivity contribution < 1.29 is 9.47 Å². The molecular formula is C15H16BrNO2. The number of benzene rings is 2. The van der Waals surface area contributed by atoms with Crippen molar-refractivity contribution in [2.45, 2.75) is 13.5 Å². The SMILES string of the molecule is CCOc1ccc(OCc2c(N)cccc2Br)cc1. The van der Waals surface area contributed by atoms with Crippen molar-refractivity contribution in [2.24, 2.45) is 0 Å². The molecule has 0 aromatic heterocycles. The van der Waals surface area contributed by atoms with Gasteiger partial charge in [-0.3, -0.25) is 0 Å². The van der Waals surface area contributed by atoms with E-state index < -0.39 is 0 Å². The maximum atomic E-state index is 5.92. The molecule has 0 aliphatic rings. The van der Waals surface area contributed by atoms with Gasteiger partial charge in [0.25, 0.3) is 0 Å². The van der Waals surface area contributed by atoms with Gasteiger partial charge in [-0.2, -0.15) is 0 Å². The smallest absolute Gasteiger partial charge is 0.120 e. The van der Waals surface area contributed by atoms with Gasteiger partial charge in [0.2, 0.25) is 0 Å². The zero-order valence-corrected chi connectivity index (χ0v) is 12.3. The van der Waals surface area contributed by atoms with Crippen LogP contribution in [0, 0.1) is 0 Å². The maximum absolute atomic E-state index is 5.92. The zero-order chi connectivity index (χ0) is 13.7. The molecule has 0 saturated heterocycles. The van der Waals surface area contributed by atoms with Crippen LogP contribution < -0.4 is 15.2 Å². The van der Waals surface area contributed by atoms with E-state index in [0.717, 1.165) is 27.2 Å². The molecular weight excluding hydrogens is 306 g/mol. The van der Waals surface area contributed by atoms with Gasteiger partial charge < -0.3 is 15.2 Å². The molecule has 0 amide bonds. The molecule has 0 fully saturated rings. The quantitative estimate of drug-likeness (QED) is 0.846. The first-order valence-corrected chi connectivity index (χ1v) is 6.88. The Kier molecular flexibility index (Phi) is 4.68. The average molecular weight is 322 g/mol. The Labute approximate surface area is 121 Å². The van der Waals surface area contributed by atoms with Crippen LogP contribution in [0.5, 0.6) is 11.5 Å². The highest BCUT2D eigenvalue weighted by Crippen LogP contribution is 2.25. The summed E-state index contributed by atoms with van der Waals surface area (Å²) in [7, 11) is 0. The van der Waals surface area contributed by atoms with E-state index in [2.05, 4.69) is 15.9 Å². The summed E-state index contributed by atoms with van der Waals surface area (Å²) in [6.07, 6.45) is 0. The summed E-state index contributed by atoms with van der Waals surface area (Å²) in [5.74, 6) is 1.63. The first-order valence-electron chi connectivity index (χ1n) is 6.09. The van der Waals surface area contributed by atoms with Gasteiger partial charge in [0, 0.05) is 15.7 Å². The van der Waals surface area contributed by atoms with E-state index in [1.807, 2.05) is 49.4 Å². The lowest BCUT2D eigenvalue weighted by molar-refractivity contribution is 0.304. The molecule has 0 spiro atoms. The molecule has 2 aromatic carbocycles. The molecule has 2 aromatic rings. The minimum atomic E-state index is 0.432. The zero-order valence-electron chi connectivity index (χ0n) is 10.7. The minimum Gasteiger partial charge on any atom is -0.494 e. The van der Waals surface area contributed by atoms with Crippen LogP contribution in [0.3, 0.4) is 0 Å². The number of halogens is 1. The summed E-state index contributed by atoms with van der Waals surface area (Å²) in [4.78, 5) is 0. The Morgan fingerprint density at radius 2 is 1.63 bits per heavy atom. The second kappa shape index (κ2) is 6.48. The predicted octanol–water partition coefficient (Wildman–Crippen LogP) is 4.01. The summed E-state index contributed by atoms with van der Waals surface area (Å²) in [5.41, 5.74) is 7.60. The van der Waals surface area contributed by atoms with Gasteiger partial charge in [0.05, 0.1) is 6.61 Å². The van der Waals surface area contributed by atoms with Gasteiger partial charge >= 0.3 is 0 Å². The molecule has 19 heavy (non-hydrogen) atoms. The highest BCUT2D eigenvalue weighted by atomic mass is 79.9. The number of hydrogen-bond acceptors (Lipinski definition) is 3. The largest absolute Gasteiger partial charge is 0.494 e. The first-order chi connectivity index (χ1) is 9.20. The third-order valence-electron chi connectivity index (χ3n) is 2.67. The number of rotatable bonds is 5. The molecule has 0 unspecified atom stereocenters. The van der Waals surface area contributed by atoms with E-state index in [9.17, 15) is 0 Å². The molecule has 0 aliphatic heterocycles. The fraction of sp³-hybridized carbons (Fsp3) is 0.200. The van der Waals surface area contributed by atoms with E-state index in [-0.39, 0.29) is 0 Å². The van der Waals surface area contributed by atoms with Gasteiger partial charge in [0.1, 0.15) is 18.1 Å². The monoisotopic (exact) mass is 321 g/mol. The lowest BCUT2D eigenvalue weighted by atomic mass is 10.2.